The van der Waals surface area contributed by atoms with Gasteiger partial charge in [-0.05, 0) is 37.7 Å². The van der Waals surface area contributed by atoms with Gasteiger partial charge in [0.05, 0.1) is 0 Å². The SMILES string of the molecule is O=c1ccc(N2CCCC3CCCCC32)n[nH]1. The zero-order valence-corrected chi connectivity index (χ0v) is 10.1. The summed E-state index contributed by atoms with van der Waals surface area (Å²) in [7, 11) is 0. The van der Waals surface area contributed by atoms with Crippen LogP contribution in [0.4, 0.5) is 5.82 Å². The van der Waals surface area contributed by atoms with Crippen LogP contribution in [0.15, 0.2) is 16.9 Å². The molecule has 1 aromatic heterocycles. The van der Waals surface area contributed by atoms with Gasteiger partial charge < -0.3 is 4.90 Å². The molecule has 0 aromatic carbocycles. The predicted molar refractivity (Wildman–Crippen MR) is 67.2 cm³/mol. The maximum atomic E-state index is 11.1. The molecule has 17 heavy (non-hydrogen) atoms. The fourth-order valence-corrected chi connectivity index (χ4v) is 3.41. The standard InChI is InChI=1S/C13H19N3O/c17-13-8-7-12(14-15-13)16-9-3-5-10-4-1-2-6-11(10)16/h7-8,10-11H,1-6,9H2,(H,15,17). The second kappa shape index (κ2) is 4.51. The number of fused-ring (bicyclic) bond motifs is 1. The first-order valence-electron chi connectivity index (χ1n) is 6.67. The smallest absolute Gasteiger partial charge is 0.264 e. The molecule has 4 nitrogen and oxygen atoms in total. The summed E-state index contributed by atoms with van der Waals surface area (Å²) in [5.41, 5.74) is -0.119. The Kier molecular flexibility index (Phi) is 2.87. The molecule has 2 atom stereocenters. The Labute approximate surface area is 101 Å². The second-order valence-corrected chi connectivity index (χ2v) is 5.23. The largest absolute Gasteiger partial charge is 0.352 e. The minimum absolute atomic E-state index is 0.119. The fourth-order valence-electron chi connectivity index (χ4n) is 3.41. The molecule has 1 N–H and O–H groups in total. The quantitative estimate of drug-likeness (QED) is 0.806. The van der Waals surface area contributed by atoms with E-state index in [-0.39, 0.29) is 5.56 Å². The van der Waals surface area contributed by atoms with Crippen LogP contribution in [0.5, 0.6) is 0 Å². The van der Waals surface area contributed by atoms with Crippen molar-refractivity contribution in [2.45, 2.75) is 44.6 Å². The third-order valence-corrected chi connectivity index (χ3v) is 4.20. The molecule has 1 saturated heterocycles. The molecular formula is C13H19N3O. The van der Waals surface area contributed by atoms with Gasteiger partial charge in [-0.25, -0.2) is 5.10 Å². The second-order valence-electron chi connectivity index (χ2n) is 5.23. The molecule has 2 unspecified atom stereocenters. The van der Waals surface area contributed by atoms with E-state index in [4.69, 9.17) is 0 Å². The molecule has 1 saturated carbocycles. The summed E-state index contributed by atoms with van der Waals surface area (Å²) in [6.45, 7) is 1.08. The Morgan fingerprint density at radius 3 is 2.82 bits per heavy atom. The van der Waals surface area contributed by atoms with Crippen LogP contribution in [-0.2, 0) is 0 Å². The van der Waals surface area contributed by atoms with Crippen LogP contribution in [0.2, 0.25) is 0 Å². The number of piperidine rings is 1. The zero-order chi connectivity index (χ0) is 11.7. The summed E-state index contributed by atoms with van der Waals surface area (Å²) < 4.78 is 0. The van der Waals surface area contributed by atoms with Crippen molar-refractivity contribution in [1.29, 1.82) is 0 Å². The van der Waals surface area contributed by atoms with Crippen LogP contribution in [0, 0.1) is 5.92 Å². The van der Waals surface area contributed by atoms with Crippen molar-refractivity contribution in [3.05, 3.63) is 22.5 Å². The van der Waals surface area contributed by atoms with Crippen molar-refractivity contribution in [2.75, 3.05) is 11.4 Å². The number of H-pyrrole nitrogens is 1. The van der Waals surface area contributed by atoms with Crippen molar-refractivity contribution in [3.8, 4) is 0 Å². The molecular weight excluding hydrogens is 214 g/mol. The van der Waals surface area contributed by atoms with Crippen LogP contribution < -0.4 is 10.5 Å². The van der Waals surface area contributed by atoms with E-state index in [0.29, 0.717) is 6.04 Å². The van der Waals surface area contributed by atoms with Crippen LogP contribution in [0.3, 0.4) is 0 Å². The van der Waals surface area contributed by atoms with E-state index in [1.165, 1.54) is 38.5 Å². The molecule has 1 aromatic rings. The first-order chi connectivity index (χ1) is 8.34. The van der Waals surface area contributed by atoms with Crippen LogP contribution >= 0.6 is 0 Å². The van der Waals surface area contributed by atoms with E-state index < -0.39 is 0 Å². The molecule has 0 spiro atoms. The number of aromatic nitrogens is 2. The van der Waals surface area contributed by atoms with Gasteiger partial charge in [0.15, 0.2) is 0 Å². The third-order valence-electron chi connectivity index (χ3n) is 4.20. The molecule has 0 radical (unpaired) electrons. The van der Waals surface area contributed by atoms with Crippen LogP contribution in [0.1, 0.15) is 38.5 Å². The van der Waals surface area contributed by atoms with Gasteiger partial charge in [0.2, 0.25) is 0 Å². The van der Waals surface area contributed by atoms with Gasteiger partial charge in [0.25, 0.3) is 5.56 Å². The Hall–Kier alpha value is -1.32. The summed E-state index contributed by atoms with van der Waals surface area (Å²) in [5.74, 6) is 1.78. The highest BCUT2D eigenvalue weighted by Crippen LogP contribution is 2.36. The van der Waals surface area contributed by atoms with E-state index in [1.807, 2.05) is 6.07 Å². The lowest BCUT2D eigenvalue weighted by atomic mass is 9.78. The van der Waals surface area contributed by atoms with Gasteiger partial charge in [0, 0.05) is 18.7 Å². The summed E-state index contributed by atoms with van der Waals surface area (Å²) >= 11 is 0. The molecule has 0 bridgehead atoms. The number of hydrogen-bond acceptors (Lipinski definition) is 3. The van der Waals surface area contributed by atoms with Crippen LogP contribution in [-0.4, -0.2) is 22.8 Å². The minimum Gasteiger partial charge on any atom is -0.352 e. The maximum absolute atomic E-state index is 11.1. The lowest BCUT2D eigenvalue weighted by molar-refractivity contribution is 0.242. The van der Waals surface area contributed by atoms with Crippen LogP contribution in [0.25, 0.3) is 0 Å². The van der Waals surface area contributed by atoms with Crippen molar-refractivity contribution in [3.63, 3.8) is 0 Å². The fraction of sp³-hybridized carbons (Fsp3) is 0.692. The molecule has 3 rings (SSSR count). The van der Waals surface area contributed by atoms with Gasteiger partial charge in [0.1, 0.15) is 5.82 Å². The average molecular weight is 233 g/mol. The monoisotopic (exact) mass is 233 g/mol. The lowest BCUT2D eigenvalue weighted by Gasteiger charge is -2.44. The molecule has 1 aliphatic heterocycles. The molecule has 2 aliphatic rings. The van der Waals surface area contributed by atoms with E-state index in [1.54, 1.807) is 6.07 Å². The number of nitrogens with zero attached hydrogens (tertiary/aromatic N) is 2. The van der Waals surface area contributed by atoms with Crippen molar-refractivity contribution >= 4 is 5.82 Å². The summed E-state index contributed by atoms with van der Waals surface area (Å²) in [5, 5.41) is 6.73. The highest BCUT2D eigenvalue weighted by atomic mass is 16.1. The van der Waals surface area contributed by atoms with E-state index in [0.717, 1.165) is 18.3 Å². The Morgan fingerprint density at radius 1 is 1.18 bits per heavy atom. The van der Waals surface area contributed by atoms with Crippen molar-refractivity contribution in [1.82, 2.24) is 10.2 Å². The van der Waals surface area contributed by atoms with E-state index >= 15 is 0 Å². The van der Waals surface area contributed by atoms with Gasteiger partial charge in [-0.2, -0.15) is 5.10 Å². The molecule has 0 amide bonds. The van der Waals surface area contributed by atoms with Crippen molar-refractivity contribution in [2.24, 2.45) is 5.92 Å². The summed E-state index contributed by atoms with van der Waals surface area (Å²) in [6, 6.07) is 4.08. The normalized spacial score (nSPS) is 28.8. The Morgan fingerprint density at radius 2 is 2.00 bits per heavy atom. The Bertz CT molecular complexity index is 420. The number of nitrogens with one attached hydrogen (secondary N) is 1. The first kappa shape index (κ1) is 10.8. The zero-order valence-electron chi connectivity index (χ0n) is 10.1. The topological polar surface area (TPSA) is 49.0 Å². The molecule has 1 aliphatic carbocycles. The van der Waals surface area contributed by atoms with Gasteiger partial charge in [-0.1, -0.05) is 12.8 Å². The number of hydrogen-bond donors (Lipinski definition) is 1. The minimum atomic E-state index is -0.119. The first-order valence-corrected chi connectivity index (χ1v) is 6.67. The van der Waals surface area contributed by atoms with Gasteiger partial charge >= 0.3 is 0 Å². The maximum Gasteiger partial charge on any atom is 0.264 e. The highest BCUT2D eigenvalue weighted by Gasteiger charge is 2.33. The summed E-state index contributed by atoms with van der Waals surface area (Å²) in [4.78, 5) is 13.5. The van der Waals surface area contributed by atoms with E-state index in [9.17, 15) is 4.79 Å². The predicted octanol–water partition coefficient (Wildman–Crippen LogP) is 1.93. The number of aromatic amines is 1. The number of anilines is 1. The number of rotatable bonds is 1. The lowest BCUT2D eigenvalue weighted by Crippen LogP contribution is -2.47. The average Bonchev–Trinajstić information content (AvgIpc) is 2.39. The Balaban J connectivity index is 1.85. The third kappa shape index (κ3) is 2.08. The molecule has 2 fully saturated rings. The molecule has 92 valence electrons. The molecule has 2 heterocycles. The highest BCUT2D eigenvalue weighted by molar-refractivity contribution is 5.39. The van der Waals surface area contributed by atoms with E-state index in [2.05, 4.69) is 15.1 Å². The van der Waals surface area contributed by atoms with Crippen molar-refractivity contribution < 1.29 is 0 Å². The van der Waals surface area contributed by atoms with Gasteiger partial charge in [-0.3, -0.25) is 4.79 Å². The summed E-state index contributed by atoms with van der Waals surface area (Å²) in [6.07, 6.45) is 7.98. The van der Waals surface area contributed by atoms with Gasteiger partial charge in [-0.15, -0.1) is 0 Å². The molecule has 4 heteroatoms.